The van der Waals surface area contributed by atoms with E-state index in [-0.39, 0.29) is 5.91 Å². The molecule has 0 unspecified atom stereocenters. The number of hydrogen-bond donors (Lipinski definition) is 1. The van der Waals surface area contributed by atoms with Crippen LogP contribution in [0.15, 0.2) is 48.5 Å². The number of anilines is 1. The first-order valence-electron chi connectivity index (χ1n) is 8.63. The molecule has 25 heavy (non-hydrogen) atoms. The van der Waals surface area contributed by atoms with Crippen molar-refractivity contribution in [3.05, 3.63) is 64.7 Å². The summed E-state index contributed by atoms with van der Waals surface area (Å²) in [5.74, 6) is 1.28. The van der Waals surface area contributed by atoms with E-state index in [4.69, 9.17) is 16.3 Å². The van der Waals surface area contributed by atoms with Crippen LogP contribution in [0, 0.1) is 11.8 Å². The molecule has 0 spiro atoms. The summed E-state index contributed by atoms with van der Waals surface area (Å²) in [5.41, 5.74) is 2.67. The Bertz CT molecular complexity index is 733. The molecule has 0 saturated carbocycles. The largest absolute Gasteiger partial charge is 0.381 e. The van der Waals surface area contributed by atoms with Crippen LogP contribution in [0.3, 0.4) is 0 Å². The minimum atomic E-state index is -0.128. The SMILES string of the molecule is O=C(Nc1ccc(CN2C[C@H]3COC[C@H]3C2)cc1)c1ccc(Cl)cc1. The van der Waals surface area contributed by atoms with E-state index in [0.29, 0.717) is 22.4 Å². The van der Waals surface area contributed by atoms with Crippen molar-refractivity contribution < 1.29 is 9.53 Å². The molecule has 2 aliphatic rings. The lowest BCUT2D eigenvalue weighted by Gasteiger charge is -2.17. The maximum atomic E-state index is 12.2. The molecular weight excluding hydrogens is 336 g/mol. The van der Waals surface area contributed by atoms with Gasteiger partial charge in [-0.2, -0.15) is 0 Å². The maximum Gasteiger partial charge on any atom is 0.255 e. The highest BCUT2D eigenvalue weighted by atomic mass is 35.5. The summed E-state index contributed by atoms with van der Waals surface area (Å²) in [6.07, 6.45) is 0. The average molecular weight is 357 g/mol. The highest BCUT2D eigenvalue weighted by Crippen LogP contribution is 2.30. The standard InChI is InChI=1S/C20H21ClN2O2/c21-18-5-3-15(4-6-18)20(24)22-19-7-1-14(2-8-19)9-23-10-16-12-25-13-17(16)11-23/h1-8,16-17H,9-13H2,(H,22,24)/t16-,17+. The van der Waals surface area contributed by atoms with Gasteiger partial charge in [0, 0.05) is 47.7 Å². The van der Waals surface area contributed by atoms with E-state index in [9.17, 15) is 4.79 Å². The minimum absolute atomic E-state index is 0.128. The maximum absolute atomic E-state index is 12.2. The Morgan fingerprint density at radius 3 is 2.32 bits per heavy atom. The van der Waals surface area contributed by atoms with Crippen molar-refractivity contribution in [1.29, 1.82) is 0 Å². The van der Waals surface area contributed by atoms with Crippen LogP contribution in [-0.4, -0.2) is 37.1 Å². The zero-order valence-electron chi connectivity index (χ0n) is 14.0. The molecule has 2 atom stereocenters. The summed E-state index contributed by atoms with van der Waals surface area (Å²) >= 11 is 5.85. The van der Waals surface area contributed by atoms with Crippen LogP contribution in [0.4, 0.5) is 5.69 Å². The van der Waals surface area contributed by atoms with E-state index < -0.39 is 0 Å². The number of carbonyl (C=O) groups is 1. The molecule has 2 saturated heterocycles. The van der Waals surface area contributed by atoms with Crippen LogP contribution in [0.2, 0.25) is 5.02 Å². The fourth-order valence-corrected chi connectivity index (χ4v) is 3.80. The Morgan fingerprint density at radius 1 is 1.04 bits per heavy atom. The highest BCUT2D eigenvalue weighted by Gasteiger charge is 2.36. The molecule has 2 fully saturated rings. The third-order valence-corrected chi connectivity index (χ3v) is 5.29. The number of likely N-dealkylation sites (tertiary alicyclic amines) is 1. The molecule has 1 amide bonds. The number of amides is 1. The van der Waals surface area contributed by atoms with Gasteiger partial charge in [0.25, 0.3) is 5.91 Å². The van der Waals surface area contributed by atoms with Crippen LogP contribution in [0.25, 0.3) is 0 Å². The van der Waals surface area contributed by atoms with Crippen molar-refractivity contribution >= 4 is 23.2 Å². The topological polar surface area (TPSA) is 41.6 Å². The quantitative estimate of drug-likeness (QED) is 0.908. The lowest BCUT2D eigenvalue weighted by molar-refractivity contribution is 0.102. The number of carbonyl (C=O) groups excluding carboxylic acids is 1. The number of benzene rings is 2. The Labute approximate surface area is 152 Å². The van der Waals surface area contributed by atoms with Crippen molar-refractivity contribution in [1.82, 2.24) is 4.90 Å². The molecule has 0 aliphatic carbocycles. The van der Waals surface area contributed by atoms with Crippen molar-refractivity contribution in [2.75, 3.05) is 31.6 Å². The summed E-state index contributed by atoms with van der Waals surface area (Å²) < 4.78 is 5.53. The third kappa shape index (κ3) is 3.87. The molecule has 0 aromatic heterocycles. The first-order chi connectivity index (χ1) is 12.2. The van der Waals surface area contributed by atoms with E-state index in [0.717, 1.165) is 38.5 Å². The zero-order valence-corrected chi connectivity index (χ0v) is 14.7. The normalized spacial score (nSPS) is 22.8. The fraction of sp³-hybridized carbons (Fsp3) is 0.350. The fourth-order valence-electron chi connectivity index (χ4n) is 3.67. The predicted octanol–water partition coefficient (Wildman–Crippen LogP) is 3.67. The van der Waals surface area contributed by atoms with Crippen LogP contribution in [0.1, 0.15) is 15.9 Å². The highest BCUT2D eigenvalue weighted by molar-refractivity contribution is 6.30. The van der Waals surface area contributed by atoms with Crippen LogP contribution >= 0.6 is 11.6 Å². The van der Waals surface area contributed by atoms with E-state index in [1.165, 1.54) is 5.56 Å². The van der Waals surface area contributed by atoms with E-state index in [1.807, 2.05) is 12.1 Å². The molecular formula is C20H21ClN2O2. The predicted molar refractivity (Wildman–Crippen MR) is 98.9 cm³/mol. The lowest BCUT2D eigenvalue weighted by atomic mass is 10.0. The Morgan fingerprint density at radius 2 is 1.68 bits per heavy atom. The van der Waals surface area contributed by atoms with Gasteiger partial charge in [-0.1, -0.05) is 23.7 Å². The number of ether oxygens (including phenoxy) is 1. The first-order valence-corrected chi connectivity index (χ1v) is 9.01. The summed E-state index contributed by atoms with van der Waals surface area (Å²) in [7, 11) is 0. The van der Waals surface area contributed by atoms with Gasteiger partial charge in [0.15, 0.2) is 0 Å². The van der Waals surface area contributed by atoms with E-state index >= 15 is 0 Å². The molecule has 130 valence electrons. The number of fused-ring (bicyclic) bond motifs is 1. The summed E-state index contributed by atoms with van der Waals surface area (Å²) in [6.45, 7) is 5.03. The van der Waals surface area contributed by atoms with Gasteiger partial charge in [-0.05, 0) is 42.0 Å². The molecule has 4 nitrogen and oxygen atoms in total. The Hall–Kier alpha value is -1.88. The van der Waals surface area contributed by atoms with Gasteiger partial charge in [-0.3, -0.25) is 9.69 Å². The van der Waals surface area contributed by atoms with Gasteiger partial charge in [0.2, 0.25) is 0 Å². The number of hydrogen-bond acceptors (Lipinski definition) is 3. The molecule has 5 heteroatoms. The smallest absolute Gasteiger partial charge is 0.255 e. The molecule has 2 aromatic carbocycles. The summed E-state index contributed by atoms with van der Waals surface area (Å²) in [5, 5.41) is 3.54. The molecule has 2 heterocycles. The van der Waals surface area contributed by atoms with Crippen LogP contribution in [-0.2, 0) is 11.3 Å². The van der Waals surface area contributed by atoms with Crippen molar-refractivity contribution in [3.63, 3.8) is 0 Å². The van der Waals surface area contributed by atoms with Crippen molar-refractivity contribution in [3.8, 4) is 0 Å². The molecule has 2 aromatic rings. The second kappa shape index (κ2) is 7.16. The number of rotatable bonds is 4. The van der Waals surface area contributed by atoms with E-state index in [1.54, 1.807) is 24.3 Å². The number of nitrogens with zero attached hydrogens (tertiary/aromatic N) is 1. The summed E-state index contributed by atoms with van der Waals surface area (Å²) in [4.78, 5) is 14.7. The second-order valence-corrected chi connectivity index (χ2v) is 7.35. The molecule has 0 bridgehead atoms. The average Bonchev–Trinajstić information content (AvgIpc) is 3.18. The van der Waals surface area contributed by atoms with Gasteiger partial charge < -0.3 is 10.1 Å². The van der Waals surface area contributed by atoms with Gasteiger partial charge in [0.1, 0.15) is 0 Å². The van der Waals surface area contributed by atoms with Gasteiger partial charge in [-0.15, -0.1) is 0 Å². The van der Waals surface area contributed by atoms with Crippen molar-refractivity contribution in [2.24, 2.45) is 11.8 Å². The second-order valence-electron chi connectivity index (χ2n) is 6.91. The Balaban J connectivity index is 1.34. The first kappa shape index (κ1) is 16.6. The van der Waals surface area contributed by atoms with Gasteiger partial charge in [0.05, 0.1) is 13.2 Å². The molecule has 1 N–H and O–H groups in total. The van der Waals surface area contributed by atoms with Gasteiger partial charge >= 0.3 is 0 Å². The third-order valence-electron chi connectivity index (χ3n) is 5.04. The lowest BCUT2D eigenvalue weighted by Crippen LogP contribution is -2.22. The van der Waals surface area contributed by atoms with Gasteiger partial charge in [-0.25, -0.2) is 0 Å². The number of nitrogens with one attached hydrogen (secondary N) is 1. The monoisotopic (exact) mass is 356 g/mol. The Kier molecular flexibility index (Phi) is 4.75. The number of halogens is 1. The van der Waals surface area contributed by atoms with E-state index in [2.05, 4.69) is 22.3 Å². The minimum Gasteiger partial charge on any atom is -0.381 e. The van der Waals surface area contributed by atoms with Crippen LogP contribution in [0.5, 0.6) is 0 Å². The zero-order chi connectivity index (χ0) is 17.2. The van der Waals surface area contributed by atoms with Crippen molar-refractivity contribution in [2.45, 2.75) is 6.54 Å². The molecule has 0 radical (unpaired) electrons. The molecule has 2 aliphatic heterocycles. The molecule has 4 rings (SSSR count). The summed E-state index contributed by atoms with van der Waals surface area (Å²) in [6, 6.07) is 15.0. The van der Waals surface area contributed by atoms with Crippen LogP contribution < -0.4 is 5.32 Å².